The Balaban J connectivity index is 1.34. The fourth-order valence-corrected chi connectivity index (χ4v) is 5.96. The van der Waals surface area contributed by atoms with Gasteiger partial charge in [0.05, 0.1) is 12.2 Å². The third kappa shape index (κ3) is 7.63. The van der Waals surface area contributed by atoms with Crippen LogP contribution in [-0.2, 0) is 11.3 Å². The minimum absolute atomic E-state index is 0.00915. The molecule has 1 saturated heterocycles. The number of hydrogen-bond donors (Lipinski definition) is 0. The Kier molecular flexibility index (Phi) is 9.92. The molecule has 39 heavy (non-hydrogen) atoms. The molecule has 0 atom stereocenters. The maximum absolute atomic E-state index is 14.0. The summed E-state index contributed by atoms with van der Waals surface area (Å²) < 4.78 is 6.19. The summed E-state index contributed by atoms with van der Waals surface area (Å²) in [6.45, 7) is 6.00. The van der Waals surface area contributed by atoms with Crippen LogP contribution in [0.4, 0.5) is 5.69 Å². The van der Waals surface area contributed by atoms with Crippen LogP contribution in [0.15, 0.2) is 48.5 Å². The number of benzene rings is 2. The Morgan fingerprint density at radius 3 is 2.23 bits per heavy atom. The zero-order valence-electron chi connectivity index (χ0n) is 23.5. The highest BCUT2D eigenvalue weighted by atomic mass is 16.5. The molecule has 2 amide bonds. The topological polar surface area (TPSA) is 53.1 Å². The summed E-state index contributed by atoms with van der Waals surface area (Å²) >= 11 is 0. The van der Waals surface area contributed by atoms with Crippen LogP contribution in [-0.4, -0.2) is 60.9 Å². The van der Waals surface area contributed by atoms with Crippen LogP contribution in [0, 0.1) is 5.92 Å². The maximum atomic E-state index is 14.0. The third-order valence-corrected chi connectivity index (χ3v) is 8.38. The molecule has 0 aromatic heterocycles. The summed E-state index contributed by atoms with van der Waals surface area (Å²) in [5, 5.41) is 0. The predicted octanol–water partition coefficient (Wildman–Crippen LogP) is 6.29. The lowest BCUT2D eigenvalue weighted by Gasteiger charge is -2.29. The molecule has 2 aromatic rings. The highest BCUT2D eigenvalue weighted by Crippen LogP contribution is 2.35. The highest BCUT2D eigenvalue weighted by Gasteiger charge is 2.34. The molecule has 0 N–H and O–H groups in total. The van der Waals surface area contributed by atoms with E-state index in [4.69, 9.17) is 4.74 Å². The van der Waals surface area contributed by atoms with Gasteiger partial charge in [-0.15, -0.1) is 0 Å². The number of nitrogens with zero attached hydrogens (tertiary/aromatic N) is 3. The number of amides is 2. The van der Waals surface area contributed by atoms with Gasteiger partial charge in [0, 0.05) is 37.8 Å². The van der Waals surface area contributed by atoms with Gasteiger partial charge in [0.1, 0.15) is 5.75 Å². The molecule has 1 saturated carbocycles. The molecule has 210 valence electrons. The SMILES string of the molecule is O=C(c1ccccc1OCCCN1CCCC1)N1CCCCCCCCN(C(=O)C2CC2)c2ccccc2C1. The molecule has 3 aliphatic rings. The van der Waals surface area contributed by atoms with Crippen molar-refractivity contribution in [2.45, 2.75) is 77.2 Å². The van der Waals surface area contributed by atoms with Gasteiger partial charge in [0.15, 0.2) is 0 Å². The van der Waals surface area contributed by atoms with Crippen LogP contribution in [0.2, 0.25) is 0 Å². The maximum Gasteiger partial charge on any atom is 0.257 e. The van der Waals surface area contributed by atoms with Crippen LogP contribution in [0.5, 0.6) is 5.75 Å². The second kappa shape index (κ2) is 14.0. The van der Waals surface area contributed by atoms with Crippen molar-refractivity contribution in [1.29, 1.82) is 0 Å². The highest BCUT2D eigenvalue weighted by molar-refractivity contribution is 5.98. The standard InChI is InChI=1S/C33H45N3O3/c37-32(27-18-19-27)36-24-10-4-2-1-3-9-23-35(26-28-14-5-7-16-30(28)36)33(38)29-15-6-8-17-31(29)39-25-13-22-34-20-11-12-21-34/h5-8,14-17,27H,1-4,9-13,18-26H2. The lowest BCUT2D eigenvalue weighted by atomic mass is 10.1. The van der Waals surface area contributed by atoms with Gasteiger partial charge in [-0.1, -0.05) is 56.0 Å². The van der Waals surface area contributed by atoms with E-state index in [9.17, 15) is 9.59 Å². The fourth-order valence-electron chi connectivity index (χ4n) is 5.96. The first-order chi connectivity index (χ1) is 19.2. The summed E-state index contributed by atoms with van der Waals surface area (Å²) in [5.41, 5.74) is 2.65. The first-order valence-electron chi connectivity index (χ1n) is 15.3. The Bertz CT molecular complexity index is 1090. The van der Waals surface area contributed by atoms with Gasteiger partial charge in [-0.05, 0) is 81.8 Å². The van der Waals surface area contributed by atoms with Crippen molar-refractivity contribution >= 4 is 17.5 Å². The number of ether oxygens (including phenoxy) is 1. The molecular formula is C33H45N3O3. The summed E-state index contributed by atoms with van der Waals surface area (Å²) in [5.74, 6) is 1.10. The number of hydrogen-bond acceptors (Lipinski definition) is 4. The van der Waals surface area contributed by atoms with E-state index >= 15 is 0 Å². The number of carbonyl (C=O) groups excluding carboxylic acids is 2. The van der Waals surface area contributed by atoms with Crippen molar-refractivity contribution in [2.75, 3.05) is 44.2 Å². The summed E-state index contributed by atoms with van der Waals surface area (Å²) in [6, 6.07) is 15.9. The molecule has 0 spiro atoms. The van der Waals surface area contributed by atoms with E-state index in [1.807, 2.05) is 46.2 Å². The molecule has 5 rings (SSSR count). The molecule has 2 aliphatic heterocycles. The lowest BCUT2D eigenvalue weighted by Crippen LogP contribution is -2.36. The number of rotatable bonds is 7. The molecular weight excluding hydrogens is 486 g/mol. The molecule has 2 aromatic carbocycles. The molecule has 2 heterocycles. The number of likely N-dealkylation sites (tertiary alicyclic amines) is 1. The fraction of sp³-hybridized carbons (Fsp3) is 0.576. The minimum Gasteiger partial charge on any atom is -0.493 e. The average molecular weight is 532 g/mol. The van der Waals surface area contributed by atoms with E-state index in [1.165, 1.54) is 38.8 Å². The van der Waals surface area contributed by atoms with E-state index < -0.39 is 0 Å². The van der Waals surface area contributed by atoms with Crippen molar-refractivity contribution in [3.8, 4) is 5.75 Å². The van der Waals surface area contributed by atoms with Gasteiger partial charge in [-0.2, -0.15) is 0 Å². The van der Waals surface area contributed by atoms with Crippen molar-refractivity contribution in [3.63, 3.8) is 0 Å². The normalized spacial score (nSPS) is 19.5. The Hall–Kier alpha value is -2.86. The Morgan fingerprint density at radius 1 is 0.769 bits per heavy atom. The van der Waals surface area contributed by atoms with E-state index in [0.29, 0.717) is 31.0 Å². The minimum atomic E-state index is 0.00915. The van der Waals surface area contributed by atoms with Crippen molar-refractivity contribution < 1.29 is 14.3 Å². The van der Waals surface area contributed by atoms with Crippen molar-refractivity contribution in [1.82, 2.24) is 9.80 Å². The van der Waals surface area contributed by atoms with E-state index in [-0.39, 0.29) is 17.7 Å². The summed E-state index contributed by atoms with van der Waals surface area (Å²) in [4.78, 5) is 33.9. The van der Waals surface area contributed by atoms with E-state index in [2.05, 4.69) is 17.0 Å². The molecule has 6 nitrogen and oxygen atoms in total. The van der Waals surface area contributed by atoms with Crippen molar-refractivity contribution in [2.24, 2.45) is 5.92 Å². The van der Waals surface area contributed by atoms with Crippen molar-refractivity contribution in [3.05, 3.63) is 59.7 Å². The zero-order chi connectivity index (χ0) is 26.9. The largest absolute Gasteiger partial charge is 0.493 e. The van der Waals surface area contributed by atoms with Crippen LogP contribution in [0.3, 0.4) is 0 Å². The number of fused-ring (bicyclic) bond motifs is 1. The molecule has 1 aliphatic carbocycles. The quantitative estimate of drug-likeness (QED) is 0.394. The monoisotopic (exact) mass is 531 g/mol. The Morgan fingerprint density at radius 2 is 1.44 bits per heavy atom. The van der Waals surface area contributed by atoms with Gasteiger partial charge in [-0.25, -0.2) is 0 Å². The first-order valence-corrected chi connectivity index (χ1v) is 15.3. The molecule has 0 unspecified atom stereocenters. The van der Waals surface area contributed by atoms with Gasteiger partial charge in [-0.3, -0.25) is 9.59 Å². The number of para-hydroxylation sites is 2. The van der Waals surface area contributed by atoms with E-state index in [0.717, 1.165) is 69.3 Å². The summed E-state index contributed by atoms with van der Waals surface area (Å²) in [6.07, 6.45) is 12.2. The van der Waals surface area contributed by atoms with Crippen LogP contribution < -0.4 is 9.64 Å². The molecule has 0 bridgehead atoms. The van der Waals surface area contributed by atoms with Gasteiger partial charge in [0.25, 0.3) is 5.91 Å². The van der Waals surface area contributed by atoms with Crippen LogP contribution in [0.1, 0.15) is 86.6 Å². The second-order valence-electron chi connectivity index (χ2n) is 11.5. The number of anilines is 1. The second-order valence-corrected chi connectivity index (χ2v) is 11.5. The van der Waals surface area contributed by atoms with Gasteiger partial charge in [0.2, 0.25) is 5.91 Å². The molecule has 0 radical (unpaired) electrons. The smallest absolute Gasteiger partial charge is 0.257 e. The predicted molar refractivity (Wildman–Crippen MR) is 156 cm³/mol. The number of carbonyl (C=O) groups is 2. The average Bonchev–Trinajstić information content (AvgIpc) is 3.68. The van der Waals surface area contributed by atoms with Gasteiger partial charge >= 0.3 is 0 Å². The third-order valence-electron chi connectivity index (χ3n) is 8.38. The zero-order valence-corrected chi connectivity index (χ0v) is 23.5. The van der Waals surface area contributed by atoms with Crippen LogP contribution in [0.25, 0.3) is 0 Å². The molecule has 6 heteroatoms. The summed E-state index contributed by atoms with van der Waals surface area (Å²) in [7, 11) is 0. The van der Waals surface area contributed by atoms with Gasteiger partial charge < -0.3 is 19.4 Å². The van der Waals surface area contributed by atoms with Crippen LogP contribution >= 0.6 is 0 Å². The van der Waals surface area contributed by atoms with E-state index in [1.54, 1.807) is 0 Å². The Labute approximate surface area is 234 Å². The lowest BCUT2D eigenvalue weighted by molar-refractivity contribution is -0.119. The molecule has 2 fully saturated rings. The first kappa shape index (κ1) is 27.7.